The largest absolute Gasteiger partial charge is 0.309 e. The van der Waals surface area contributed by atoms with Crippen molar-refractivity contribution in [2.45, 2.75) is 0 Å². The van der Waals surface area contributed by atoms with Crippen molar-refractivity contribution in [1.82, 2.24) is 13.7 Å². The summed E-state index contributed by atoms with van der Waals surface area (Å²) in [6.07, 6.45) is 9.76. The van der Waals surface area contributed by atoms with E-state index in [4.69, 9.17) is 12.8 Å². The third kappa shape index (κ3) is 17.4. The predicted octanol–water partition coefficient (Wildman–Crippen LogP) is 34.6. The van der Waals surface area contributed by atoms with Crippen LogP contribution < -0.4 is 0 Å². The lowest BCUT2D eigenvalue weighted by atomic mass is 9.98. The summed E-state index contributed by atoms with van der Waals surface area (Å²) in [5.41, 5.74) is 28.1. The molecule has 26 rings (SSSR count). The highest BCUT2D eigenvalue weighted by Gasteiger charge is 2.21. The number of para-hydroxylation sites is 3. The predicted molar refractivity (Wildman–Crippen MR) is 609 cm³/mol. The van der Waals surface area contributed by atoms with Gasteiger partial charge in [0.2, 0.25) is 0 Å². The van der Waals surface area contributed by atoms with E-state index in [1.54, 1.807) is 0 Å². The van der Waals surface area contributed by atoms with Crippen molar-refractivity contribution < 1.29 is 0 Å². The standard InChI is InChI=1S/C42H27NS.C40H25NS.C36H23NS.C18H2/c1-3-11-28(12-4-1)32-23-33(29-13-5-2-6-14-29)25-34(24-32)43-39-17-9-7-15-35(39)37-26-30(19-21-40(37)43)31-20-22-42-38(27-31)36-16-8-10-18-41(36)44-42;1-2-9-27-22-29(17-16-26(27)8-1)28-10-7-11-32(23-28)41-37-14-5-3-12-33(37)35-24-30(18-20-38(35)41)31-19-21-40-36(25-31)34-13-4-6-15-39(34)42-40;1-2-9-24(10-3-1)25-11-8-12-28(21-25)37-33-15-6-4-13-29(33)31-22-26(17-19-34(31)37)27-18-20-36-32(23-27)30-14-5-7-16-35(30)38-36;1-3-5-7-9-11-13-15-17-18-16-14-12-10-8-6-4-2/h1-27H;1-25H;1-23H;1-2H. The summed E-state index contributed by atoms with van der Waals surface area (Å²) in [6.45, 7) is 0. The van der Waals surface area contributed by atoms with E-state index in [0.717, 1.165) is 5.69 Å². The zero-order valence-electron chi connectivity index (χ0n) is 76.5. The molecule has 0 unspecified atom stereocenters. The van der Waals surface area contributed by atoms with Gasteiger partial charge in [0.25, 0.3) is 0 Å². The lowest BCUT2D eigenvalue weighted by Gasteiger charge is -2.14. The fourth-order valence-electron chi connectivity index (χ4n) is 19.4. The Kier molecular flexibility index (Phi) is 24.0. The van der Waals surface area contributed by atoms with Crippen molar-refractivity contribution in [2.24, 2.45) is 0 Å². The zero-order valence-corrected chi connectivity index (χ0v) is 79.0. The van der Waals surface area contributed by atoms with Gasteiger partial charge in [-0.25, -0.2) is 0 Å². The van der Waals surface area contributed by atoms with Crippen molar-refractivity contribution in [2.75, 3.05) is 0 Å². The molecule has 6 heterocycles. The van der Waals surface area contributed by atoms with Gasteiger partial charge in [0.15, 0.2) is 0 Å². The number of benzene rings is 20. The van der Waals surface area contributed by atoms with E-state index in [2.05, 4.69) is 563 Å². The van der Waals surface area contributed by atoms with Gasteiger partial charge in [-0.3, -0.25) is 0 Å². The van der Waals surface area contributed by atoms with E-state index < -0.39 is 0 Å². The smallest absolute Gasteiger partial charge is 0.0541 e. The minimum atomic E-state index is 1.16. The normalized spacial score (nSPS) is 10.7. The maximum atomic E-state index is 4.88. The van der Waals surface area contributed by atoms with Crippen molar-refractivity contribution >= 4 is 171 Å². The molecule has 20 aromatic carbocycles. The molecule has 0 aliphatic carbocycles. The quantitative estimate of drug-likeness (QED) is 0.121. The van der Waals surface area contributed by atoms with Crippen molar-refractivity contribution in [3.05, 3.63) is 455 Å². The van der Waals surface area contributed by atoms with Gasteiger partial charge in [0, 0.05) is 110 Å². The van der Waals surface area contributed by atoms with Crippen molar-refractivity contribution in [3.63, 3.8) is 0 Å². The number of aromatic nitrogens is 3. The van der Waals surface area contributed by atoms with Crippen LogP contribution in [0.5, 0.6) is 0 Å². The Morgan fingerprint density at radius 3 is 0.761 bits per heavy atom. The molecule has 0 atom stereocenters. The van der Waals surface area contributed by atoms with Gasteiger partial charge in [-0.2, -0.15) is 0 Å². The summed E-state index contributed by atoms with van der Waals surface area (Å²) in [4.78, 5) is 0. The summed E-state index contributed by atoms with van der Waals surface area (Å²) in [5.74, 6) is 38.2. The van der Waals surface area contributed by atoms with Crippen molar-refractivity contribution in [1.29, 1.82) is 0 Å². The average molecular weight is 1850 g/mol. The van der Waals surface area contributed by atoms with Crippen LogP contribution in [0.3, 0.4) is 0 Å². The van der Waals surface area contributed by atoms with Crippen LogP contribution in [-0.2, 0) is 0 Å². The zero-order chi connectivity index (χ0) is 95.0. The molecule has 142 heavy (non-hydrogen) atoms. The molecule has 6 aromatic heterocycles. The number of thiophene rings is 3. The second kappa shape index (κ2) is 39.2. The second-order valence-corrected chi connectivity index (χ2v) is 37.5. The van der Waals surface area contributed by atoms with E-state index in [9.17, 15) is 0 Å². The molecule has 0 radical (unpaired) electrons. The molecule has 0 amide bonds. The highest BCUT2D eigenvalue weighted by molar-refractivity contribution is 7.26. The highest BCUT2D eigenvalue weighted by atomic mass is 32.1. The molecule has 0 spiro atoms. The van der Waals surface area contributed by atoms with Gasteiger partial charge < -0.3 is 13.7 Å². The Hall–Kier alpha value is -19.2. The Morgan fingerprint density at radius 1 is 0.141 bits per heavy atom. The van der Waals surface area contributed by atoms with Crippen LogP contribution >= 0.6 is 34.0 Å². The van der Waals surface area contributed by atoms with Gasteiger partial charge in [-0.15, -0.1) is 46.9 Å². The number of hydrogen-bond acceptors (Lipinski definition) is 3. The van der Waals surface area contributed by atoms with Crippen LogP contribution in [0, 0.1) is 108 Å². The first-order valence-corrected chi connectivity index (χ1v) is 49.1. The Balaban J connectivity index is 0.000000109. The summed E-state index contributed by atoms with van der Waals surface area (Å²) in [7, 11) is 0. The minimum absolute atomic E-state index is 1.16. The number of nitrogens with zero attached hydrogens (tertiary/aromatic N) is 3. The fourth-order valence-corrected chi connectivity index (χ4v) is 22.7. The molecule has 0 saturated heterocycles. The van der Waals surface area contributed by atoms with E-state index >= 15 is 0 Å². The molecule has 3 nitrogen and oxygen atoms in total. The molecular weight excluding hydrogens is 1770 g/mol. The van der Waals surface area contributed by atoms with E-state index in [-0.39, 0.29) is 0 Å². The van der Waals surface area contributed by atoms with Crippen molar-refractivity contribution in [3.8, 4) is 203 Å². The second-order valence-electron chi connectivity index (χ2n) is 34.2. The first-order valence-electron chi connectivity index (χ1n) is 46.6. The van der Waals surface area contributed by atoms with Crippen LogP contribution in [0.4, 0.5) is 0 Å². The minimum Gasteiger partial charge on any atom is -0.309 e. The Labute approximate surface area is 835 Å². The summed E-state index contributed by atoms with van der Waals surface area (Å²) in [6, 6.07) is 166. The molecule has 654 valence electrons. The maximum Gasteiger partial charge on any atom is 0.0541 e. The molecule has 26 aromatic rings. The number of fused-ring (bicyclic) bond motifs is 19. The monoisotopic (exact) mass is 1850 g/mol. The average Bonchev–Trinajstić information content (AvgIpc) is 1.60. The fraction of sp³-hybridized carbons (Fsp3) is 0. The lowest BCUT2D eigenvalue weighted by molar-refractivity contribution is 1.18. The molecule has 0 saturated carbocycles. The number of rotatable bonds is 10. The van der Waals surface area contributed by atoms with Gasteiger partial charge in [-0.1, -0.05) is 297 Å². The molecule has 0 aliphatic rings. The van der Waals surface area contributed by atoms with Crippen LogP contribution in [0.2, 0.25) is 0 Å². The number of terminal acetylenes is 2. The van der Waals surface area contributed by atoms with Crippen LogP contribution in [-0.4, -0.2) is 13.7 Å². The van der Waals surface area contributed by atoms with Crippen LogP contribution in [0.25, 0.3) is 232 Å². The molecule has 0 bridgehead atoms. The molecule has 6 heteroatoms. The molecule has 0 fully saturated rings. The molecule has 0 N–H and O–H groups in total. The van der Waals surface area contributed by atoms with Crippen LogP contribution in [0.15, 0.2) is 455 Å². The third-order valence-electron chi connectivity index (χ3n) is 25.9. The summed E-state index contributed by atoms with van der Waals surface area (Å²) < 4.78 is 15.3. The van der Waals surface area contributed by atoms with Gasteiger partial charge >= 0.3 is 0 Å². The first kappa shape index (κ1) is 86.8. The topological polar surface area (TPSA) is 14.8 Å². The van der Waals surface area contributed by atoms with E-state index in [0.29, 0.717) is 0 Å². The van der Waals surface area contributed by atoms with Gasteiger partial charge in [0.1, 0.15) is 0 Å². The summed E-state index contributed by atoms with van der Waals surface area (Å²) >= 11 is 5.60. The molecule has 0 aliphatic heterocycles. The third-order valence-corrected chi connectivity index (χ3v) is 29.3. The summed E-state index contributed by atoms with van der Waals surface area (Å²) in [5, 5.41) is 18.2. The maximum absolute atomic E-state index is 4.88. The SMILES string of the molecule is C#CC#CC#CC#CC#CC#CC#CC#CC#C.c1cc(-c2ccc3ccccc3c2)cc(-n2c3ccccc3c3cc(-c4ccc5sc6ccccc6c5c4)ccc32)c1.c1ccc(-c2cc(-c3ccccc3)cc(-n3c4ccccc4c4cc(-c5ccc6sc7ccccc7c6c5)ccc43)c2)cc1.c1ccc(-c2cccc(-n3c4ccccc4c4cc(-c5ccc6sc7ccccc7c6c5)ccc43)c2)cc1. The number of hydrogen-bond donors (Lipinski definition) is 0. The van der Waals surface area contributed by atoms with E-state index in [1.165, 1.54) is 226 Å². The van der Waals surface area contributed by atoms with E-state index in [1.807, 2.05) is 34.0 Å². The Morgan fingerprint density at radius 2 is 0.387 bits per heavy atom. The lowest BCUT2D eigenvalue weighted by Crippen LogP contribution is -1.96. The van der Waals surface area contributed by atoms with Gasteiger partial charge in [0.05, 0.1) is 33.1 Å². The highest BCUT2D eigenvalue weighted by Crippen LogP contribution is 2.46. The first-order chi connectivity index (χ1) is 70.3. The van der Waals surface area contributed by atoms with Crippen LogP contribution in [0.1, 0.15) is 0 Å². The van der Waals surface area contributed by atoms with Gasteiger partial charge in [-0.05, 0) is 341 Å². The molecular formula is C136H77N3S3. The Bertz CT molecular complexity index is 10000.